The molecule has 14 heavy (non-hydrogen) atoms. The van der Waals surface area contributed by atoms with Crippen LogP contribution in [-0.4, -0.2) is 22.2 Å². The number of carbonyl (C=O) groups is 1. The Morgan fingerprint density at radius 3 is 2.71 bits per heavy atom. The summed E-state index contributed by atoms with van der Waals surface area (Å²) in [5, 5.41) is 18.2. The molecule has 0 aromatic carbocycles. The van der Waals surface area contributed by atoms with Crippen LogP contribution in [0.1, 0.15) is 22.8 Å². The molecule has 0 spiro atoms. The Morgan fingerprint density at radius 2 is 2.29 bits per heavy atom. The van der Waals surface area contributed by atoms with Crippen LogP contribution >= 0.6 is 11.3 Å². The zero-order valence-electron chi connectivity index (χ0n) is 7.80. The highest BCUT2D eigenvalue weighted by Crippen LogP contribution is 2.25. The highest BCUT2D eigenvalue weighted by molar-refractivity contribution is 7.12. The molecule has 0 amide bonds. The molecule has 2 atom stereocenters. The van der Waals surface area contributed by atoms with Crippen molar-refractivity contribution in [3.63, 3.8) is 0 Å². The molecular formula is C9H13NO3S. The first-order valence-corrected chi connectivity index (χ1v) is 5.13. The lowest BCUT2D eigenvalue weighted by Gasteiger charge is -2.12. The molecular weight excluding hydrogens is 202 g/mol. The van der Waals surface area contributed by atoms with Crippen molar-refractivity contribution in [3.8, 4) is 0 Å². The van der Waals surface area contributed by atoms with Gasteiger partial charge in [-0.1, -0.05) is 6.92 Å². The number of hydrogen-bond donors (Lipinski definition) is 3. The third-order valence-corrected chi connectivity index (χ3v) is 3.25. The van der Waals surface area contributed by atoms with Crippen LogP contribution in [0.25, 0.3) is 0 Å². The topological polar surface area (TPSA) is 83.5 Å². The van der Waals surface area contributed by atoms with Gasteiger partial charge < -0.3 is 15.9 Å². The Labute approximate surface area is 86.0 Å². The first-order chi connectivity index (χ1) is 6.56. The molecule has 1 rings (SSSR count). The van der Waals surface area contributed by atoms with Gasteiger partial charge in [0.2, 0.25) is 0 Å². The van der Waals surface area contributed by atoms with Crippen LogP contribution in [0.3, 0.4) is 0 Å². The molecule has 0 radical (unpaired) electrons. The van der Waals surface area contributed by atoms with Gasteiger partial charge in [-0.05, 0) is 18.6 Å². The lowest BCUT2D eigenvalue weighted by atomic mass is 10.1. The van der Waals surface area contributed by atoms with Gasteiger partial charge in [-0.3, -0.25) is 4.79 Å². The van der Waals surface area contributed by atoms with Crippen molar-refractivity contribution in [1.29, 1.82) is 0 Å². The smallest absolute Gasteiger partial charge is 0.323 e. The van der Waals surface area contributed by atoms with Crippen LogP contribution in [-0.2, 0) is 11.2 Å². The molecule has 1 heterocycles. The minimum Gasteiger partial charge on any atom is -0.480 e. The molecule has 4 N–H and O–H groups in total. The predicted molar refractivity (Wildman–Crippen MR) is 54.3 cm³/mol. The van der Waals surface area contributed by atoms with Gasteiger partial charge in [0.15, 0.2) is 0 Å². The monoisotopic (exact) mass is 215 g/mol. The summed E-state index contributed by atoms with van der Waals surface area (Å²) in [6.45, 7) is 2.00. The van der Waals surface area contributed by atoms with Crippen LogP contribution in [0.2, 0.25) is 0 Å². The summed E-state index contributed by atoms with van der Waals surface area (Å²) in [4.78, 5) is 12.2. The number of hydrogen-bond acceptors (Lipinski definition) is 4. The third-order valence-electron chi connectivity index (χ3n) is 1.95. The normalized spacial score (nSPS) is 15.1. The number of aliphatic hydroxyl groups excluding tert-OH is 1. The van der Waals surface area contributed by atoms with Crippen LogP contribution in [0, 0.1) is 0 Å². The molecule has 1 aromatic heterocycles. The lowest BCUT2D eigenvalue weighted by molar-refractivity contribution is -0.141. The van der Waals surface area contributed by atoms with Crippen molar-refractivity contribution >= 4 is 17.3 Å². The van der Waals surface area contributed by atoms with E-state index in [9.17, 15) is 9.90 Å². The van der Waals surface area contributed by atoms with Crippen molar-refractivity contribution in [2.24, 2.45) is 5.73 Å². The van der Waals surface area contributed by atoms with Gasteiger partial charge in [0.25, 0.3) is 0 Å². The molecule has 4 nitrogen and oxygen atoms in total. The van der Waals surface area contributed by atoms with E-state index in [0.717, 1.165) is 11.3 Å². The van der Waals surface area contributed by atoms with E-state index in [4.69, 9.17) is 10.8 Å². The number of aliphatic carboxylic acids is 1. The predicted octanol–water partition coefficient (Wildman–Crippen LogP) is 0.756. The van der Waals surface area contributed by atoms with E-state index >= 15 is 0 Å². The maximum atomic E-state index is 10.5. The first-order valence-electron chi connectivity index (χ1n) is 4.31. The number of rotatable bonds is 4. The van der Waals surface area contributed by atoms with E-state index < -0.39 is 18.1 Å². The molecule has 2 unspecified atom stereocenters. The van der Waals surface area contributed by atoms with E-state index in [-0.39, 0.29) is 0 Å². The minimum atomic E-state index is -1.25. The van der Waals surface area contributed by atoms with E-state index in [1.807, 2.05) is 13.0 Å². The average molecular weight is 215 g/mol. The number of thiophene rings is 1. The van der Waals surface area contributed by atoms with Gasteiger partial charge >= 0.3 is 5.97 Å². The molecule has 0 bridgehead atoms. The van der Waals surface area contributed by atoms with Crippen molar-refractivity contribution in [3.05, 3.63) is 21.9 Å². The summed E-state index contributed by atoms with van der Waals surface area (Å²) >= 11 is 1.39. The minimum absolute atomic E-state index is 0.608. The Kier molecular flexibility index (Phi) is 3.62. The van der Waals surface area contributed by atoms with Crippen LogP contribution < -0.4 is 5.73 Å². The second-order valence-corrected chi connectivity index (χ2v) is 4.17. The fourth-order valence-electron chi connectivity index (χ4n) is 1.06. The summed E-state index contributed by atoms with van der Waals surface area (Å²) in [5.74, 6) is -1.19. The Hall–Kier alpha value is -0.910. The summed E-state index contributed by atoms with van der Waals surface area (Å²) in [7, 11) is 0. The van der Waals surface area contributed by atoms with Gasteiger partial charge in [0.05, 0.1) is 0 Å². The maximum Gasteiger partial charge on any atom is 0.323 e. The number of carboxylic acids is 1. The lowest BCUT2D eigenvalue weighted by Crippen LogP contribution is -2.36. The molecule has 1 aromatic rings. The summed E-state index contributed by atoms with van der Waals surface area (Å²) in [6.07, 6.45) is -0.238. The van der Waals surface area contributed by atoms with E-state index in [1.54, 1.807) is 6.07 Å². The second-order valence-electron chi connectivity index (χ2n) is 2.97. The van der Waals surface area contributed by atoms with Crippen molar-refractivity contribution in [1.82, 2.24) is 0 Å². The Balaban J connectivity index is 2.78. The fraction of sp³-hybridized carbons (Fsp3) is 0.444. The molecule has 0 fully saturated rings. The molecule has 5 heteroatoms. The number of nitrogens with two attached hydrogens (primary N) is 1. The summed E-state index contributed by atoms with van der Waals surface area (Å²) in [5.41, 5.74) is 5.30. The number of aryl methyl sites for hydroxylation is 1. The van der Waals surface area contributed by atoms with Gasteiger partial charge in [0.1, 0.15) is 12.1 Å². The molecule has 0 saturated carbocycles. The van der Waals surface area contributed by atoms with E-state index in [0.29, 0.717) is 4.88 Å². The van der Waals surface area contributed by atoms with Crippen LogP contribution in [0.15, 0.2) is 12.1 Å². The van der Waals surface area contributed by atoms with Crippen molar-refractivity contribution in [2.45, 2.75) is 25.5 Å². The van der Waals surface area contributed by atoms with Crippen molar-refractivity contribution in [2.75, 3.05) is 0 Å². The number of aliphatic hydroxyl groups is 1. The quantitative estimate of drug-likeness (QED) is 0.692. The van der Waals surface area contributed by atoms with Gasteiger partial charge in [-0.2, -0.15) is 0 Å². The van der Waals surface area contributed by atoms with Gasteiger partial charge in [-0.15, -0.1) is 11.3 Å². The molecule has 78 valence electrons. The van der Waals surface area contributed by atoms with Gasteiger partial charge in [0, 0.05) is 9.75 Å². The van der Waals surface area contributed by atoms with Crippen LogP contribution in [0.5, 0.6) is 0 Å². The van der Waals surface area contributed by atoms with Crippen LogP contribution in [0.4, 0.5) is 0 Å². The zero-order chi connectivity index (χ0) is 10.7. The largest absolute Gasteiger partial charge is 0.480 e. The molecule has 0 aliphatic carbocycles. The summed E-state index contributed by atoms with van der Waals surface area (Å²) < 4.78 is 0. The van der Waals surface area contributed by atoms with E-state index in [1.165, 1.54) is 11.3 Å². The SMILES string of the molecule is CCc1ccc(C(O)C(N)C(=O)O)s1. The summed E-state index contributed by atoms with van der Waals surface area (Å²) in [6, 6.07) is 2.34. The zero-order valence-corrected chi connectivity index (χ0v) is 8.62. The first kappa shape index (κ1) is 11.2. The molecule has 0 saturated heterocycles. The maximum absolute atomic E-state index is 10.5. The molecule has 0 aliphatic rings. The highest BCUT2D eigenvalue weighted by Gasteiger charge is 2.24. The van der Waals surface area contributed by atoms with Gasteiger partial charge in [-0.25, -0.2) is 0 Å². The fourth-order valence-corrected chi connectivity index (χ4v) is 2.04. The average Bonchev–Trinajstić information content (AvgIpc) is 2.63. The Morgan fingerprint density at radius 1 is 1.64 bits per heavy atom. The van der Waals surface area contributed by atoms with Crippen molar-refractivity contribution < 1.29 is 15.0 Å². The molecule has 0 aliphatic heterocycles. The van der Waals surface area contributed by atoms with E-state index in [2.05, 4.69) is 0 Å². The third kappa shape index (κ3) is 2.31. The highest BCUT2D eigenvalue weighted by atomic mass is 32.1. The number of carboxylic acid groups (broad SMARTS) is 1. The second kappa shape index (κ2) is 4.54. The Bertz CT molecular complexity index is 324. The standard InChI is InChI=1S/C9H13NO3S/c1-2-5-3-4-6(14-5)8(11)7(10)9(12)13/h3-4,7-8,11H,2,10H2,1H3,(H,12,13).